The Morgan fingerprint density at radius 3 is 2.62 bits per heavy atom. The van der Waals surface area contributed by atoms with Crippen molar-refractivity contribution in [3.05, 3.63) is 65.7 Å². The van der Waals surface area contributed by atoms with Gasteiger partial charge < -0.3 is 19.5 Å². The Labute approximate surface area is 167 Å². The first-order valence-corrected chi connectivity index (χ1v) is 9.28. The highest BCUT2D eigenvalue weighted by atomic mass is 16.5. The smallest absolute Gasteiger partial charge is 0.261 e. The van der Waals surface area contributed by atoms with Crippen molar-refractivity contribution in [3.8, 4) is 11.3 Å². The number of nitrogens with zero attached hydrogens (tertiary/aromatic N) is 3. The number of anilines is 1. The molecule has 0 bridgehead atoms. The lowest BCUT2D eigenvalue weighted by molar-refractivity contribution is 0.0303. The van der Waals surface area contributed by atoms with Crippen LogP contribution in [0.15, 0.2) is 53.3 Å². The Bertz CT molecular complexity index is 1030. The molecule has 0 radical (unpaired) electrons. The van der Waals surface area contributed by atoms with Crippen molar-refractivity contribution in [1.29, 1.82) is 0 Å². The standard InChI is InChI=1S/C21H20N4O4/c1-14-18(19(24-29-14)15-5-7-22-8-6-15)20(26)23-17-4-2-3-16(13-17)21(27)25-9-11-28-12-10-25/h2-8,13H,9-12H2,1H3,(H,23,26). The molecular formula is C21H20N4O4. The molecule has 8 heteroatoms. The number of benzene rings is 1. The number of nitrogens with one attached hydrogen (secondary N) is 1. The van der Waals surface area contributed by atoms with Gasteiger partial charge in [0.2, 0.25) is 0 Å². The second-order valence-electron chi connectivity index (χ2n) is 6.64. The number of hydrogen-bond donors (Lipinski definition) is 1. The van der Waals surface area contributed by atoms with E-state index in [1.54, 1.807) is 60.6 Å². The molecule has 2 aromatic heterocycles. The van der Waals surface area contributed by atoms with Crippen LogP contribution in [0.1, 0.15) is 26.5 Å². The van der Waals surface area contributed by atoms with E-state index in [1.807, 2.05) is 0 Å². The second-order valence-corrected chi connectivity index (χ2v) is 6.64. The van der Waals surface area contributed by atoms with E-state index in [2.05, 4.69) is 15.5 Å². The highest BCUT2D eigenvalue weighted by Crippen LogP contribution is 2.26. The lowest BCUT2D eigenvalue weighted by atomic mass is 10.1. The van der Waals surface area contributed by atoms with E-state index in [0.717, 1.165) is 5.56 Å². The molecule has 3 heterocycles. The average Bonchev–Trinajstić information content (AvgIpc) is 3.16. The molecule has 3 aromatic rings. The Balaban J connectivity index is 1.55. The van der Waals surface area contributed by atoms with Crippen molar-refractivity contribution in [3.63, 3.8) is 0 Å². The van der Waals surface area contributed by atoms with Crippen molar-refractivity contribution >= 4 is 17.5 Å². The zero-order chi connectivity index (χ0) is 20.2. The van der Waals surface area contributed by atoms with Crippen LogP contribution in [0.25, 0.3) is 11.3 Å². The van der Waals surface area contributed by atoms with Crippen LogP contribution in [0.2, 0.25) is 0 Å². The summed E-state index contributed by atoms with van der Waals surface area (Å²) in [6, 6.07) is 10.4. The van der Waals surface area contributed by atoms with E-state index >= 15 is 0 Å². The Morgan fingerprint density at radius 2 is 1.86 bits per heavy atom. The van der Waals surface area contributed by atoms with Crippen LogP contribution in [0, 0.1) is 6.92 Å². The molecule has 8 nitrogen and oxygen atoms in total. The minimum absolute atomic E-state index is 0.0805. The molecule has 1 N–H and O–H groups in total. The first-order valence-electron chi connectivity index (χ1n) is 9.28. The van der Waals surface area contributed by atoms with Crippen molar-refractivity contribution < 1.29 is 18.8 Å². The van der Waals surface area contributed by atoms with E-state index in [0.29, 0.717) is 54.6 Å². The Kier molecular flexibility index (Phi) is 5.35. The van der Waals surface area contributed by atoms with Crippen LogP contribution in [0.4, 0.5) is 5.69 Å². The first kappa shape index (κ1) is 18.8. The Hall–Kier alpha value is -3.52. The molecular weight excluding hydrogens is 372 g/mol. The van der Waals surface area contributed by atoms with Crippen LogP contribution < -0.4 is 5.32 Å². The monoisotopic (exact) mass is 392 g/mol. The maximum Gasteiger partial charge on any atom is 0.261 e. The number of carbonyl (C=O) groups excluding carboxylic acids is 2. The van der Waals surface area contributed by atoms with E-state index < -0.39 is 0 Å². The summed E-state index contributed by atoms with van der Waals surface area (Å²) >= 11 is 0. The molecule has 1 saturated heterocycles. The summed E-state index contributed by atoms with van der Waals surface area (Å²) < 4.78 is 10.5. The van der Waals surface area contributed by atoms with Crippen molar-refractivity contribution in [1.82, 2.24) is 15.0 Å². The topological polar surface area (TPSA) is 97.6 Å². The SMILES string of the molecule is Cc1onc(-c2ccncc2)c1C(=O)Nc1cccc(C(=O)N2CCOCC2)c1. The highest BCUT2D eigenvalue weighted by molar-refractivity contribution is 6.09. The van der Waals surface area contributed by atoms with Crippen LogP contribution in [-0.4, -0.2) is 53.2 Å². The molecule has 0 saturated carbocycles. The van der Waals surface area contributed by atoms with Gasteiger partial charge in [-0.05, 0) is 37.3 Å². The van der Waals surface area contributed by atoms with Gasteiger partial charge in [-0.2, -0.15) is 0 Å². The van der Waals surface area contributed by atoms with Crippen molar-refractivity contribution in [2.24, 2.45) is 0 Å². The van der Waals surface area contributed by atoms with Gasteiger partial charge in [0.25, 0.3) is 11.8 Å². The average molecular weight is 392 g/mol. The highest BCUT2D eigenvalue weighted by Gasteiger charge is 2.23. The van der Waals surface area contributed by atoms with Crippen molar-refractivity contribution in [2.75, 3.05) is 31.6 Å². The van der Waals surface area contributed by atoms with Crippen LogP contribution in [0.5, 0.6) is 0 Å². The van der Waals surface area contributed by atoms with E-state index in [4.69, 9.17) is 9.26 Å². The normalized spacial score (nSPS) is 13.9. The van der Waals surface area contributed by atoms with E-state index in [-0.39, 0.29) is 11.8 Å². The molecule has 1 aliphatic rings. The number of morpholine rings is 1. The summed E-state index contributed by atoms with van der Waals surface area (Å²) in [5, 5.41) is 6.86. The number of aryl methyl sites for hydroxylation is 1. The van der Waals surface area contributed by atoms with Gasteiger partial charge in [-0.25, -0.2) is 0 Å². The molecule has 0 unspecified atom stereocenters. The van der Waals surface area contributed by atoms with Gasteiger partial charge in [0.1, 0.15) is 17.0 Å². The summed E-state index contributed by atoms with van der Waals surface area (Å²) in [7, 11) is 0. The quantitative estimate of drug-likeness (QED) is 0.733. The third-order valence-electron chi connectivity index (χ3n) is 4.71. The molecule has 0 spiro atoms. The zero-order valence-corrected chi connectivity index (χ0v) is 15.9. The molecule has 148 valence electrons. The predicted molar refractivity (Wildman–Crippen MR) is 106 cm³/mol. The largest absolute Gasteiger partial charge is 0.378 e. The molecule has 29 heavy (non-hydrogen) atoms. The van der Waals surface area contributed by atoms with E-state index in [1.165, 1.54) is 0 Å². The number of amides is 2. The van der Waals surface area contributed by atoms with Crippen LogP contribution in [-0.2, 0) is 4.74 Å². The van der Waals surface area contributed by atoms with Gasteiger partial charge in [-0.3, -0.25) is 14.6 Å². The van der Waals surface area contributed by atoms with Gasteiger partial charge in [-0.15, -0.1) is 0 Å². The Morgan fingerprint density at radius 1 is 1.10 bits per heavy atom. The lowest BCUT2D eigenvalue weighted by Gasteiger charge is -2.27. The number of pyridine rings is 1. The van der Waals surface area contributed by atoms with Crippen LogP contribution in [0.3, 0.4) is 0 Å². The van der Waals surface area contributed by atoms with Gasteiger partial charge in [0.05, 0.1) is 13.2 Å². The number of carbonyl (C=O) groups is 2. The summed E-state index contributed by atoms with van der Waals surface area (Å²) in [5.41, 5.74) is 2.57. The van der Waals surface area contributed by atoms with Gasteiger partial charge >= 0.3 is 0 Å². The minimum atomic E-state index is -0.355. The molecule has 4 rings (SSSR count). The summed E-state index contributed by atoms with van der Waals surface area (Å²) in [6.07, 6.45) is 3.25. The molecule has 1 aromatic carbocycles. The van der Waals surface area contributed by atoms with Crippen LogP contribution >= 0.6 is 0 Å². The minimum Gasteiger partial charge on any atom is -0.378 e. The number of hydrogen-bond acceptors (Lipinski definition) is 6. The van der Waals surface area contributed by atoms with Gasteiger partial charge in [-0.1, -0.05) is 11.2 Å². The zero-order valence-electron chi connectivity index (χ0n) is 15.9. The molecule has 1 fully saturated rings. The molecule has 2 amide bonds. The third-order valence-corrected chi connectivity index (χ3v) is 4.71. The number of rotatable bonds is 4. The number of ether oxygens (including phenoxy) is 1. The second kappa shape index (κ2) is 8.24. The van der Waals surface area contributed by atoms with Gasteiger partial charge in [0, 0.05) is 42.3 Å². The maximum atomic E-state index is 12.9. The lowest BCUT2D eigenvalue weighted by Crippen LogP contribution is -2.40. The van der Waals surface area contributed by atoms with Crippen molar-refractivity contribution in [2.45, 2.75) is 6.92 Å². The fourth-order valence-corrected chi connectivity index (χ4v) is 3.22. The fourth-order valence-electron chi connectivity index (χ4n) is 3.22. The fraction of sp³-hybridized carbons (Fsp3) is 0.238. The third kappa shape index (κ3) is 4.02. The molecule has 0 atom stereocenters. The van der Waals surface area contributed by atoms with E-state index in [9.17, 15) is 9.59 Å². The van der Waals surface area contributed by atoms with Gasteiger partial charge in [0.15, 0.2) is 0 Å². The molecule has 0 aliphatic carbocycles. The number of aromatic nitrogens is 2. The summed E-state index contributed by atoms with van der Waals surface area (Å²) in [6.45, 7) is 3.87. The first-order chi connectivity index (χ1) is 14.1. The summed E-state index contributed by atoms with van der Waals surface area (Å²) in [5.74, 6) is -0.0237. The maximum absolute atomic E-state index is 12.9. The molecule has 1 aliphatic heterocycles. The predicted octanol–water partition coefficient (Wildman–Crippen LogP) is 2.77. The summed E-state index contributed by atoms with van der Waals surface area (Å²) in [4.78, 5) is 31.3.